The monoisotopic (exact) mass is 939 g/mol. The summed E-state index contributed by atoms with van der Waals surface area (Å²) >= 11 is 0. The Bertz CT molecular complexity index is 3140. The molecule has 69 heavy (non-hydrogen) atoms. The van der Waals surface area contributed by atoms with Gasteiger partial charge in [0.05, 0.1) is 22.6 Å². The van der Waals surface area contributed by atoms with Crippen molar-refractivity contribution in [2.24, 2.45) is 17.6 Å². The number of nitrogens with zero attached hydrogens (tertiary/aromatic N) is 6. The van der Waals surface area contributed by atoms with Crippen LogP contribution in [0, 0.1) is 24.6 Å². The lowest BCUT2D eigenvalue weighted by Gasteiger charge is -2.12. The van der Waals surface area contributed by atoms with E-state index in [1.807, 2.05) is 93.6 Å². The molecule has 0 atom stereocenters. The first-order valence-corrected chi connectivity index (χ1v) is 22.5. The van der Waals surface area contributed by atoms with Crippen LogP contribution in [0.2, 0.25) is 0 Å². The molecule has 0 bridgehead atoms. The molecule has 8 aromatic rings. The maximum atomic E-state index is 14.0. The van der Waals surface area contributed by atoms with E-state index in [9.17, 15) is 31.9 Å². The van der Waals surface area contributed by atoms with Crippen LogP contribution in [0.4, 0.5) is 40.8 Å². The van der Waals surface area contributed by atoms with E-state index < -0.39 is 23.5 Å². The van der Waals surface area contributed by atoms with Crippen LogP contribution >= 0.6 is 0 Å². The third kappa shape index (κ3) is 11.5. The number of aryl methyl sites for hydroxylation is 1. The van der Waals surface area contributed by atoms with Gasteiger partial charge in [-0.15, -0.1) is 10.2 Å². The molecule has 14 nitrogen and oxygen atoms in total. The van der Waals surface area contributed by atoms with Crippen molar-refractivity contribution in [2.75, 3.05) is 21.3 Å². The van der Waals surface area contributed by atoms with Crippen molar-refractivity contribution in [3.63, 3.8) is 0 Å². The quantitative estimate of drug-likeness (QED) is 0.0702. The molecule has 2 aliphatic rings. The Morgan fingerprint density at radius 3 is 1.57 bits per heavy atom. The van der Waals surface area contributed by atoms with Gasteiger partial charge in [0.1, 0.15) is 5.82 Å². The van der Waals surface area contributed by atoms with Crippen molar-refractivity contribution in [1.29, 1.82) is 0 Å². The Labute approximate surface area is 394 Å². The molecule has 4 aromatic heterocycles. The van der Waals surface area contributed by atoms with Crippen molar-refractivity contribution in [1.82, 2.24) is 29.2 Å². The summed E-state index contributed by atoms with van der Waals surface area (Å²) in [7, 11) is 0. The number of benzene rings is 4. The van der Waals surface area contributed by atoms with Crippen molar-refractivity contribution < 1.29 is 31.9 Å². The summed E-state index contributed by atoms with van der Waals surface area (Å²) < 4.78 is 56.0. The Hall–Kier alpha value is -8.15. The van der Waals surface area contributed by atoms with Gasteiger partial charge >= 0.3 is 6.18 Å². The summed E-state index contributed by atoms with van der Waals surface area (Å²) in [5, 5.41) is 20.5. The first-order valence-electron chi connectivity index (χ1n) is 22.5. The molecule has 0 unspecified atom stereocenters. The number of hydrogen-bond acceptors (Lipinski definition) is 9. The highest BCUT2D eigenvalue weighted by atomic mass is 19.4. The molecule has 18 heteroatoms. The van der Waals surface area contributed by atoms with E-state index >= 15 is 0 Å². The van der Waals surface area contributed by atoms with Crippen LogP contribution < -0.4 is 27.0 Å². The molecule has 2 saturated carbocycles. The highest BCUT2D eigenvalue weighted by molar-refractivity contribution is 5.94. The summed E-state index contributed by atoms with van der Waals surface area (Å²) in [6, 6.07) is 34.3. The maximum absolute atomic E-state index is 14.0. The number of nitrogens with two attached hydrogens (primary N) is 1. The second kappa shape index (κ2) is 20.4. The van der Waals surface area contributed by atoms with E-state index in [4.69, 9.17) is 5.73 Å². The maximum Gasteiger partial charge on any atom is 0.416 e. The zero-order valence-corrected chi connectivity index (χ0v) is 37.9. The minimum Gasteiger partial charge on any atom is -0.381 e. The lowest BCUT2D eigenvalue weighted by atomic mass is 10.1. The molecule has 2 fully saturated rings. The number of rotatable bonds is 13. The zero-order valence-electron chi connectivity index (χ0n) is 37.9. The third-order valence-corrected chi connectivity index (χ3v) is 11.4. The normalized spacial score (nSPS) is 13.1. The number of halogens is 4. The first-order chi connectivity index (χ1) is 33.2. The number of anilines is 4. The number of amides is 3. The van der Waals surface area contributed by atoms with Gasteiger partial charge in [-0.3, -0.25) is 25.0 Å². The fourth-order valence-electron chi connectivity index (χ4n) is 7.25. The summed E-state index contributed by atoms with van der Waals surface area (Å²) in [4.78, 5) is 44.3. The van der Waals surface area contributed by atoms with E-state index in [1.165, 1.54) is 0 Å². The highest BCUT2D eigenvalue weighted by Crippen LogP contribution is 2.33. The number of carbonyl (C=O) groups is 3. The van der Waals surface area contributed by atoms with Gasteiger partial charge in [0, 0.05) is 47.3 Å². The van der Waals surface area contributed by atoms with Crippen molar-refractivity contribution in [3.8, 4) is 22.5 Å². The standard InChI is InChI=1S/C25H24N6O2.C24H19F4N5O.C2H6/c1-15-5-8-19(23(26)32)13-20(15)27-14-16-6-9-17(10-7-16)21-3-2-4-22-28-25(30-31(21)22)29-24(33)18-11-12-18;25-18-11-10-17(24(26,27)28)12-19(18)29-13-14-4-6-15(7-5-14)20-2-1-3-21-30-23(32-33(20)21)31-22(34)16-8-9-16;1-2/h2-10,13,18,27H,11-12,14H2,1H3,(H2,26,32)(H,29,30,33);1-7,10-12,16,29H,8-9,13H2,(H,31,32,34);1-2H3. The molecule has 10 rings (SSSR count). The predicted molar refractivity (Wildman–Crippen MR) is 257 cm³/mol. The Morgan fingerprint density at radius 1 is 0.638 bits per heavy atom. The molecular weight excluding hydrogens is 891 g/mol. The summed E-state index contributed by atoms with van der Waals surface area (Å²) in [6.07, 6.45) is -0.920. The van der Waals surface area contributed by atoms with Crippen LogP contribution in [0.25, 0.3) is 33.8 Å². The number of fused-ring (bicyclic) bond motifs is 2. The molecule has 354 valence electrons. The molecule has 4 aromatic carbocycles. The van der Waals surface area contributed by atoms with Gasteiger partial charge in [0.25, 0.3) is 0 Å². The molecule has 0 aliphatic heterocycles. The van der Waals surface area contributed by atoms with Crippen molar-refractivity contribution in [3.05, 3.63) is 155 Å². The van der Waals surface area contributed by atoms with E-state index in [0.29, 0.717) is 35.4 Å². The van der Waals surface area contributed by atoms with Gasteiger partial charge in [-0.2, -0.15) is 23.1 Å². The van der Waals surface area contributed by atoms with Crippen LogP contribution in [0.5, 0.6) is 0 Å². The largest absolute Gasteiger partial charge is 0.416 e. The van der Waals surface area contributed by atoms with Gasteiger partial charge in [-0.05, 0) is 104 Å². The first kappa shape index (κ1) is 47.3. The topological polar surface area (TPSA) is 186 Å². The molecule has 0 saturated heterocycles. The van der Waals surface area contributed by atoms with Gasteiger partial charge < -0.3 is 16.4 Å². The van der Waals surface area contributed by atoms with Crippen LogP contribution in [0.3, 0.4) is 0 Å². The minimum atomic E-state index is -4.55. The molecule has 6 N–H and O–H groups in total. The number of aromatic nitrogens is 6. The fraction of sp³-hybridized carbons (Fsp3) is 0.235. The second-order valence-electron chi connectivity index (χ2n) is 16.4. The molecular formula is C51H49F4N11O3. The SMILES string of the molecule is CC.Cc1ccc(C(N)=O)cc1NCc1ccc(-c2cccc3nc(NC(=O)C4CC4)nn23)cc1.O=C(Nc1nc2cccc(-c3ccc(CNc4cc(C(F)(F)F)ccc4F)cc3)n2n1)C1CC1. The molecule has 2 aliphatic carbocycles. The number of carbonyl (C=O) groups excluding carboxylic acids is 3. The minimum absolute atomic E-state index is 0.0130. The number of hydrogen-bond donors (Lipinski definition) is 5. The van der Waals surface area contributed by atoms with Crippen molar-refractivity contribution in [2.45, 2.75) is 65.7 Å². The van der Waals surface area contributed by atoms with E-state index in [2.05, 4.69) is 41.4 Å². The molecule has 3 amide bonds. The zero-order chi connectivity index (χ0) is 48.8. The average molecular weight is 940 g/mol. The van der Waals surface area contributed by atoms with Crippen molar-refractivity contribution >= 4 is 52.3 Å². The number of pyridine rings is 2. The summed E-state index contributed by atoms with van der Waals surface area (Å²) in [5.41, 5.74) is 13.2. The van der Waals surface area contributed by atoms with E-state index in [1.54, 1.807) is 39.4 Å². The lowest BCUT2D eigenvalue weighted by molar-refractivity contribution is -0.137. The van der Waals surface area contributed by atoms with Crippen LogP contribution in [-0.2, 0) is 28.9 Å². The fourth-order valence-corrected chi connectivity index (χ4v) is 7.25. The Morgan fingerprint density at radius 2 is 1.12 bits per heavy atom. The van der Waals surface area contributed by atoms with Crippen LogP contribution in [0.1, 0.15) is 72.1 Å². The Kier molecular flexibility index (Phi) is 14.0. The highest BCUT2D eigenvalue weighted by Gasteiger charge is 2.32. The van der Waals surface area contributed by atoms with Crippen LogP contribution in [-0.4, -0.2) is 46.9 Å². The number of alkyl halides is 3. The smallest absolute Gasteiger partial charge is 0.381 e. The van der Waals surface area contributed by atoms with Gasteiger partial charge in [-0.25, -0.2) is 13.4 Å². The number of primary amides is 1. The predicted octanol–water partition coefficient (Wildman–Crippen LogP) is 10.3. The summed E-state index contributed by atoms with van der Waals surface area (Å²) in [5.74, 6) is -0.586. The average Bonchev–Trinajstić information content (AvgIpc) is 4.29. The van der Waals surface area contributed by atoms with Crippen LogP contribution in [0.15, 0.2) is 121 Å². The molecule has 0 radical (unpaired) electrons. The van der Waals surface area contributed by atoms with E-state index in [0.717, 1.165) is 82.7 Å². The van der Waals surface area contributed by atoms with Gasteiger partial charge in [-0.1, -0.05) is 80.6 Å². The van der Waals surface area contributed by atoms with Gasteiger partial charge in [0.2, 0.25) is 29.6 Å². The van der Waals surface area contributed by atoms with E-state index in [-0.39, 0.29) is 41.8 Å². The Balaban J connectivity index is 0.000000180. The molecule has 4 heterocycles. The second-order valence-corrected chi connectivity index (χ2v) is 16.4. The van der Waals surface area contributed by atoms with Gasteiger partial charge in [0.15, 0.2) is 11.3 Å². The number of nitrogens with one attached hydrogen (secondary N) is 4. The summed E-state index contributed by atoms with van der Waals surface area (Å²) in [6.45, 7) is 6.73. The third-order valence-electron chi connectivity index (χ3n) is 11.4. The lowest BCUT2D eigenvalue weighted by Crippen LogP contribution is -2.14. The molecule has 0 spiro atoms.